The van der Waals surface area contributed by atoms with Crippen LogP contribution in [0.1, 0.15) is 26.3 Å². The number of rotatable bonds is 2. The molecule has 108 valence electrons. The Bertz CT molecular complexity index is 742. The van der Waals surface area contributed by atoms with Gasteiger partial charge in [-0.1, -0.05) is 50.2 Å². The lowest BCUT2D eigenvalue weighted by molar-refractivity contribution is -0.125. The third kappa shape index (κ3) is 2.02. The van der Waals surface area contributed by atoms with Crippen molar-refractivity contribution in [3.63, 3.8) is 0 Å². The molecule has 0 aromatic heterocycles. The molecule has 0 aliphatic heterocycles. The summed E-state index contributed by atoms with van der Waals surface area (Å²) in [6.45, 7) is 5.82. The second-order valence-corrected chi connectivity index (χ2v) is 6.28. The minimum absolute atomic E-state index is 0.0261. The molecular weight excluding hydrogens is 260 g/mol. The van der Waals surface area contributed by atoms with Gasteiger partial charge in [0.25, 0.3) is 0 Å². The molecule has 0 saturated heterocycles. The number of benzene rings is 2. The fraction of sp³-hybridized carbons (Fsp3) is 0.316. The Balaban J connectivity index is 2.19. The van der Waals surface area contributed by atoms with E-state index in [0.29, 0.717) is 0 Å². The predicted molar refractivity (Wildman–Crippen MR) is 84.9 cm³/mol. The molecule has 2 aromatic carbocycles. The third-order valence-electron chi connectivity index (χ3n) is 4.57. The molecule has 2 heteroatoms. The largest absolute Gasteiger partial charge is 0.380 e. The highest BCUT2D eigenvalue weighted by Gasteiger charge is 2.49. The summed E-state index contributed by atoms with van der Waals surface area (Å²) < 4.78 is 0. The fourth-order valence-corrected chi connectivity index (χ4v) is 3.51. The second kappa shape index (κ2) is 4.81. The van der Waals surface area contributed by atoms with Gasteiger partial charge in [-0.2, -0.15) is 0 Å². The highest BCUT2D eigenvalue weighted by atomic mass is 16.3. The Morgan fingerprint density at radius 2 is 1.76 bits per heavy atom. The molecule has 0 unspecified atom stereocenters. The molecule has 0 bridgehead atoms. The van der Waals surface area contributed by atoms with Crippen LogP contribution < -0.4 is 0 Å². The van der Waals surface area contributed by atoms with Crippen molar-refractivity contribution in [2.24, 2.45) is 11.8 Å². The Hall–Kier alpha value is -1.93. The second-order valence-electron chi connectivity index (χ2n) is 6.28. The first-order chi connectivity index (χ1) is 9.94. The smallest absolute Gasteiger partial charge is 0.162 e. The number of hydrogen-bond donors (Lipinski definition) is 1. The van der Waals surface area contributed by atoms with Crippen molar-refractivity contribution in [2.45, 2.75) is 26.4 Å². The molecule has 1 aliphatic carbocycles. The van der Waals surface area contributed by atoms with Gasteiger partial charge in [-0.05, 0) is 46.9 Å². The van der Waals surface area contributed by atoms with Gasteiger partial charge in [0.05, 0.1) is 5.92 Å². The summed E-state index contributed by atoms with van der Waals surface area (Å²) in [5, 5.41) is 13.5. The molecule has 1 N–H and O–H groups in total. The zero-order valence-electron chi connectivity index (χ0n) is 12.6. The summed E-state index contributed by atoms with van der Waals surface area (Å²) >= 11 is 0. The summed E-state index contributed by atoms with van der Waals surface area (Å²) in [5.41, 5.74) is 0.357. The Morgan fingerprint density at radius 1 is 1.10 bits per heavy atom. The maximum Gasteiger partial charge on any atom is 0.162 e. The van der Waals surface area contributed by atoms with Gasteiger partial charge < -0.3 is 5.11 Å². The van der Waals surface area contributed by atoms with Gasteiger partial charge >= 0.3 is 0 Å². The van der Waals surface area contributed by atoms with Crippen LogP contribution in [0.5, 0.6) is 0 Å². The van der Waals surface area contributed by atoms with Crippen LogP contribution in [-0.4, -0.2) is 10.9 Å². The Morgan fingerprint density at radius 3 is 2.43 bits per heavy atom. The monoisotopic (exact) mass is 280 g/mol. The molecule has 21 heavy (non-hydrogen) atoms. The summed E-state index contributed by atoms with van der Waals surface area (Å²) in [5.74, 6) is -0.292. The molecule has 0 radical (unpaired) electrons. The summed E-state index contributed by atoms with van der Waals surface area (Å²) in [7, 11) is 0. The van der Waals surface area contributed by atoms with Gasteiger partial charge in [0.15, 0.2) is 5.78 Å². The first-order valence-corrected chi connectivity index (χ1v) is 7.39. The number of carbonyl (C=O) groups excluding carboxylic acids is 1. The number of allylic oxidation sites excluding steroid dienone is 1. The zero-order chi connectivity index (χ0) is 15.2. The lowest BCUT2D eigenvalue weighted by Gasteiger charge is -2.34. The number of aliphatic hydroxyl groups is 1. The zero-order valence-corrected chi connectivity index (χ0v) is 12.6. The molecular formula is C19H20O2. The normalized spacial score (nSPS) is 25.7. The van der Waals surface area contributed by atoms with E-state index in [-0.39, 0.29) is 11.7 Å². The average molecular weight is 280 g/mol. The molecule has 1 aliphatic rings. The topological polar surface area (TPSA) is 37.3 Å². The fourth-order valence-electron chi connectivity index (χ4n) is 3.51. The summed E-state index contributed by atoms with van der Waals surface area (Å²) in [6.07, 6.45) is 1.60. The predicted octanol–water partition coefficient (Wildman–Crippen LogP) is 3.83. The van der Waals surface area contributed by atoms with Crippen LogP contribution in [0.3, 0.4) is 0 Å². The molecule has 2 atom stereocenters. The highest BCUT2D eigenvalue weighted by Crippen LogP contribution is 2.46. The number of fused-ring (bicyclic) bond motifs is 1. The van der Waals surface area contributed by atoms with Crippen LogP contribution in [0.4, 0.5) is 0 Å². The molecule has 0 spiro atoms. The lowest BCUT2D eigenvalue weighted by Crippen LogP contribution is -2.38. The van der Waals surface area contributed by atoms with E-state index in [0.717, 1.165) is 21.9 Å². The van der Waals surface area contributed by atoms with Crippen molar-refractivity contribution < 1.29 is 9.90 Å². The van der Waals surface area contributed by atoms with Crippen LogP contribution in [-0.2, 0) is 10.4 Å². The van der Waals surface area contributed by atoms with E-state index < -0.39 is 11.5 Å². The van der Waals surface area contributed by atoms with Crippen molar-refractivity contribution in [2.75, 3.05) is 0 Å². The Kier molecular flexibility index (Phi) is 3.22. The standard InChI is InChI=1S/C19H20O2/c1-12(2)18-17(20)10-13(3)19(18,21)16-9-8-14-6-4-5-7-15(14)11-16/h4-12,18,21H,1-3H3/t18-,19-/m1/s1. The van der Waals surface area contributed by atoms with E-state index in [1.54, 1.807) is 6.08 Å². The maximum atomic E-state index is 12.2. The van der Waals surface area contributed by atoms with Crippen LogP contribution in [0.2, 0.25) is 0 Å². The minimum Gasteiger partial charge on any atom is -0.380 e. The van der Waals surface area contributed by atoms with Crippen LogP contribution in [0, 0.1) is 11.8 Å². The summed E-state index contributed by atoms with van der Waals surface area (Å²) in [4.78, 5) is 12.2. The van der Waals surface area contributed by atoms with Gasteiger partial charge in [0, 0.05) is 0 Å². The van der Waals surface area contributed by atoms with E-state index in [1.807, 2.05) is 63.2 Å². The van der Waals surface area contributed by atoms with Gasteiger partial charge in [0.1, 0.15) is 5.60 Å². The number of ketones is 1. The van der Waals surface area contributed by atoms with Crippen molar-refractivity contribution >= 4 is 16.6 Å². The van der Waals surface area contributed by atoms with E-state index in [9.17, 15) is 9.90 Å². The SMILES string of the molecule is CC1=CC(=O)[C@@H](C(C)C)[C@]1(O)c1ccc2ccccc2c1. The molecule has 2 aromatic rings. The van der Waals surface area contributed by atoms with Gasteiger partial charge in [-0.15, -0.1) is 0 Å². The Labute approximate surface area is 125 Å². The minimum atomic E-state index is -1.19. The molecule has 0 fully saturated rings. The van der Waals surface area contributed by atoms with Crippen molar-refractivity contribution in [1.82, 2.24) is 0 Å². The number of hydrogen-bond acceptors (Lipinski definition) is 2. The van der Waals surface area contributed by atoms with E-state index >= 15 is 0 Å². The van der Waals surface area contributed by atoms with Gasteiger partial charge in [0.2, 0.25) is 0 Å². The highest BCUT2D eigenvalue weighted by molar-refractivity contribution is 5.98. The van der Waals surface area contributed by atoms with E-state index in [2.05, 4.69) is 0 Å². The van der Waals surface area contributed by atoms with Crippen LogP contribution in [0.15, 0.2) is 54.1 Å². The number of carbonyl (C=O) groups is 1. The van der Waals surface area contributed by atoms with Crippen molar-refractivity contribution in [1.29, 1.82) is 0 Å². The molecule has 0 heterocycles. The average Bonchev–Trinajstić information content (AvgIpc) is 2.69. The molecule has 2 nitrogen and oxygen atoms in total. The third-order valence-corrected chi connectivity index (χ3v) is 4.57. The quantitative estimate of drug-likeness (QED) is 0.907. The van der Waals surface area contributed by atoms with E-state index in [4.69, 9.17) is 0 Å². The maximum absolute atomic E-state index is 12.2. The molecule has 0 amide bonds. The van der Waals surface area contributed by atoms with Crippen LogP contribution >= 0.6 is 0 Å². The lowest BCUT2D eigenvalue weighted by atomic mass is 9.74. The summed E-state index contributed by atoms with van der Waals surface area (Å²) in [6, 6.07) is 14.0. The molecule has 0 saturated carbocycles. The first-order valence-electron chi connectivity index (χ1n) is 7.39. The molecule has 3 rings (SSSR count). The first kappa shape index (κ1) is 14.0. The van der Waals surface area contributed by atoms with Crippen molar-refractivity contribution in [3.8, 4) is 0 Å². The van der Waals surface area contributed by atoms with Gasteiger partial charge in [-0.3, -0.25) is 4.79 Å². The van der Waals surface area contributed by atoms with Gasteiger partial charge in [-0.25, -0.2) is 0 Å². The van der Waals surface area contributed by atoms with Crippen LogP contribution in [0.25, 0.3) is 10.8 Å². The van der Waals surface area contributed by atoms with E-state index in [1.165, 1.54) is 0 Å². The van der Waals surface area contributed by atoms with Crippen molar-refractivity contribution in [3.05, 3.63) is 59.7 Å².